The van der Waals surface area contributed by atoms with E-state index in [-0.39, 0.29) is 110 Å². The first-order chi connectivity index (χ1) is 62.9. The highest BCUT2D eigenvalue weighted by atomic mass is 16.3. The van der Waals surface area contributed by atoms with Crippen LogP contribution in [0.4, 0.5) is 0 Å². The molecule has 0 spiro atoms. The van der Waals surface area contributed by atoms with E-state index in [1.54, 1.807) is 0 Å². The van der Waals surface area contributed by atoms with Gasteiger partial charge in [-0.15, -0.1) is 0 Å². The lowest BCUT2D eigenvalue weighted by molar-refractivity contribution is -0.190. The van der Waals surface area contributed by atoms with Crippen LogP contribution < -0.4 is 0 Å². The number of carbonyl (C=O) groups excluding carboxylic acids is 4. The summed E-state index contributed by atoms with van der Waals surface area (Å²) >= 11 is 0. The molecule has 34 atom stereocenters. The molecule has 14 nitrogen and oxygen atoms in total. The molecule has 0 aromatic heterocycles. The number of Topliss-reactive ketones (excluding diaryl/α,β-unsaturated/α-hetero) is 3. The van der Waals surface area contributed by atoms with Gasteiger partial charge in [-0.25, -0.2) is 0 Å². The van der Waals surface area contributed by atoms with Gasteiger partial charge < -0.3 is 51.1 Å². The van der Waals surface area contributed by atoms with Crippen molar-refractivity contribution >= 4 is 23.6 Å². The van der Waals surface area contributed by atoms with Crippen LogP contribution in [0.15, 0.2) is 58.2 Å². The van der Waals surface area contributed by atoms with Crippen LogP contribution in [0, 0.1) is 182 Å². The summed E-state index contributed by atoms with van der Waals surface area (Å²) in [5.74, 6) is 10.4. The number of hydrogen-bond acceptors (Lipinski definition) is 14. The molecule has 0 amide bonds. The summed E-state index contributed by atoms with van der Waals surface area (Å²) in [5, 5.41) is 103. The summed E-state index contributed by atoms with van der Waals surface area (Å²) < 4.78 is 0. The van der Waals surface area contributed by atoms with E-state index in [2.05, 4.69) is 148 Å². The highest BCUT2D eigenvalue weighted by Crippen LogP contribution is 2.72. The van der Waals surface area contributed by atoms with E-state index in [0.29, 0.717) is 157 Å². The SMILES string of the molecule is CC1=CCC2C(CCC3C(C)(CO)CCCC23C)C(=O)C1.CC1=CCC2C(CO)(CCC3C(C)(CO)CCCC32C)C(=O)C1.CC1CC(C=O)=CCC2C1CCC1C(C)(CO)CCCC21C.CC1CCC2C(CCC3C(C)(CO)CCCC23C)C(=O)C1.CCC1=CCC2C(CCC3C(C)(CO)CCCC23C)C(O)C1.CCC1=CCC2C3(C)CCCC(C)(CO)C3CCC2(CO)C(O)C1. The summed E-state index contributed by atoms with van der Waals surface area (Å²) in [6, 6.07) is 0. The molecule has 13 fully saturated rings. The number of ketones is 3. The summed E-state index contributed by atoms with van der Waals surface area (Å²) in [4.78, 5) is 49.6. The van der Waals surface area contributed by atoms with Crippen LogP contribution in [0.3, 0.4) is 0 Å². The number of hydrogen-bond donors (Lipinski definition) is 10. The van der Waals surface area contributed by atoms with Crippen LogP contribution in [-0.4, -0.2) is 140 Å². The minimum atomic E-state index is -0.562. The van der Waals surface area contributed by atoms with Gasteiger partial charge in [0.25, 0.3) is 0 Å². The fraction of sp³-hybridized carbons (Fsp3) is 0.882. The van der Waals surface area contributed by atoms with Gasteiger partial charge in [-0.1, -0.05) is 202 Å². The predicted octanol–water partition coefficient (Wildman–Crippen LogP) is 24.2. The third-order valence-corrected chi connectivity index (χ3v) is 46.2. The van der Waals surface area contributed by atoms with Gasteiger partial charge in [0.05, 0.1) is 30.8 Å². The van der Waals surface area contributed by atoms with E-state index in [1.807, 2.05) is 6.92 Å². The molecule has 0 radical (unpaired) electrons. The van der Waals surface area contributed by atoms with Crippen molar-refractivity contribution < 1.29 is 70.2 Å². The average molecular weight is 1850 g/mol. The van der Waals surface area contributed by atoms with Crippen molar-refractivity contribution in [3.8, 4) is 0 Å². The van der Waals surface area contributed by atoms with Crippen LogP contribution in [-0.2, 0) is 19.2 Å². The van der Waals surface area contributed by atoms with Crippen molar-refractivity contribution in [2.75, 3.05) is 52.9 Å². The van der Waals surface area contributed by atoms with Crippen molar-refractivity contribution in [3.05, 3.63) is 58.2 Å². The zero-order valence-electron chi connectivity index (χ0n) is 87.6. The monoisotopic (exact) mass is 1850 g/mol. The zero-order valence-corrected chi connectivity index (χ0v) is 87.6. The second-order valence-corrected chi connectivity index (χ2v) is 53.4. The van der Waals surface area contributed by atoms with Crippen LogP contribution in [0.2, 0.25) is 0 Å². The summed E-state index contributed by atoms with van der Waals surface area (Å²) in [5.41, 5.74) is 6.83. The second kappa shape index (κ2) is 42.1. The largest absolute Gasteiger partial charge is 0.396 e. The third kappa shape index (κ3) is 19.7. The minimum Gasteiger partial charge on any atom is -0.396 e. The van der Waals surface area contributed by atoms with Gasteiger partial charge in [-0.3, -0.25) is 19.2 Å². The number of carbonyl (C=O) groups is 4. The number of aliphatic hydroxyl groups is 10. The number of rotatable bonds is 11. The van der Waals surface area contributed by atoms with Crippen molar-refractivity contribution in [1.82, 2.24) is 0 Å². The second-order valence-electron chi connectivity index (χ2n) is 53.4. The van der Waals surface area contributed by atoms with Crippen molar-refractivity contribution in [3.63, 3.8) is 0 Å². The molecule has 18 aliphatic rings. The molecule has 756 valence electrons. The molecule has 18 aliphatic carbocycles. The topological polar surface area (TPSA) is 271 Å². The zero-order chi connectivity index (χ0) is 96.9. The Morgan fingerprint density at radius 3 is 1.20 bits per heavy atom. The number of fused-ring (bicyclic) bond motifs is 18. The summed E-state index contributed by atoms with van der Waals surface area (Å²) in [6.45, 7) is 43.1. The Labute approximate surface area is 808 Å². The van der Waals surface area contributed by atoms with Gasteiger partial charge in [0.15, 0.2) is 0 Å². The number of aliphatic hydroxyl groups excluding tert-OH is 10. The first-order valence-corrected chi connectivity index (χ1v) is 55.5. The first kappa shape index (κ1) is 107. The molecular weight excluding hydrogens is 1650 g/mol. The molecule has 14 heteroatoms. The molecule has 0 bridgehead atoms. The lowest BCUT2D eigenvalue weighted by atomic mass is 9.42. The van der Waals surface area contributed by atoms with E-state index in [1.165, 1.54) is 113 Å². The van der Waals surface area contributed by atoms with Crippen LogP contribution in [0.1, 0.15) is 414 Å². The summed E-state index contributed by atoms with van der Waals surface area (Å²) in [7, 11) is 0. The first-order valence-electron chi connectivity index (χ1n) is 55.5. The Balaban J connectivity index is 0.000000136. The molecule has 0 aromatic carbocycles. The Morgan fingerprint density at radius 1 is 0.338 bits per heavy atom. The van der Waals surface area contributed by atoms with Crippen LogP contribution >= 0.6 is 0 Å². The van der Waals surface area contributed by atoms with Gasteiger partial charge in [-0.05, 0) is 410 Å². The minimum absolute atomic E-state index is 0.0107. The van der Waals surface area contributed by atoms with Gasteiger partial charge in [-0.2, -0.15) is 0 Å². The normalized spacial score (nSPS) is 48.6. The lowest BCUT2D eigenvalue weighted by Crippen LogP contribution is -2.60. The molecule has 34 unspecified atom stereocenters. The molecule has 0 heterocycles. The maximum absolute atomic E-state index is 13.0. The van der Waals surface area contributed by atoms with E-state index in [0.717, 1.165) is 197 Å². The standard InChI is InChI=1S/C21H36O3.C20H32O3.C20H32O2.C20H34O2.C19H32O2.C19H30O2/c1-4-15-6-7-17-20(3)10-5-9-19(2,13-22)16(20)8-11-21(17,14-23)18(24)12-15;1-14-5-6-16-19(3)9-4-8-18(2,12-21)15(19)7-10-20(16,13-22)17(23)11-14;1-14-11-15(12-21)5-7-17-16(14)6-8-18-19(2,13-22)9-4-10-20(17,18)3;1-4-14-6-8-16-15(17(22)12-14)7-9-18-19(2,13-21)10-5-11-20(16,18)3;2*1-13-5-7-15-14(16(21)11-13)6-8-17-18(2,12-20)9-4-10-19(15,17)3/h6,16-18,22-24H,4-5,7-14H2,1-3H3;5,15-16,21-22H,4,6-13H2,1-3H3;5,12,14,16-18,22H,4,6-11,13H2,1-3H3;6,15-18,21-22H,4-5,7-13H2,1-3H3;13-15,17,20H,4-12H2,1-3H3;5,14-15,17,20H,4,6-12H2,1-3H3. The van der Waals surface area contributed by atoms with E-state index < -0.39 is 11.5 Å². The van der Waals surface area contributed by atoms with Gasteiger partial charge in [0, 0.05) is 76.2 Å². The molecule has 0 aliphatic heterocycles. The highest BCUT2D eigenvalue weighted by molar-refractivity contribution is 5.88. The van der Waals surface area contributed by atoms with E-state index in [9.17, 15) is 70.2 Å². The molecule has 13 saturated carbocycles. The van der Waals surface area contributed by atoms with Crippen molar-refractivity contribution in [1.29, 1.82) is 0 Å². The Morgan fingerprint density at radius 2 is 0.722 bits per heavy atom. The lowest BCUT2D eigenvalue weighted by Gasteiger charge is -2.63. The third-order valence-electron chi connectivity index (χ3n) is 46.2. The van der Waals surface area contributed by atoms with Crippen LogP contribution in [0.25, 0.3) is 0 Å². The predicted molar refractivity (Wildman–Crippen MR) is 537 cm³/mol. The average Bonchev–Trinajstić information content (AvgIpc) is 1.65. The number of aldehydes is 1. The molecule has 0 saturated heterocycles. The molecule has 0 aromatic rings. The van der Waals surface area contributed by atoms with Crippen LogP contribution in [0.5, 0.6) is 0 Å². The molecule has 18 rings (SSSR count). The smallest absolute Gasteiger partial charge is 0.145 e. The maximum Gasteiger partial charge on any atom is 0.145 e. The quantitative estimate of drug-likeness (QED) is 0.0681. The molecule has 10 N–H and O–H groups in total. The van der Waals surface area contributed by atoms with E-state index >= 15 is 0 Å². The maximum atomic E-state index is 13.0. The molecule has 133 heavy (non-hydrogen) atoms. The molecular formula is C119H196O14. The Bertz CT molecular complexity index is 4150. The van der Waals surface area contributed by atoms with E-state index in [4.69, 9.17) is 0 Å². The summed E-state index contributed by atoms with van der Waals surface area (Å²) in [6.07, 6.45) is 60.4. The van der Waals surface area contributed by atoms with Gasteiger partial charge in [0.2, 0.25) is 0 Å². The fourth-order valence-electron chi connectivity index (χ4n) is 38.4. The Hall–Kier alpha value is -3.02. The van der Waals surface area contributed by atoms with Gasteiger partial charge in [0.1, 0.15) is 23.6 Å². The fourth-order valence-corrected chi connectivity index (χ4v) is 38.4. The highest BCUT2D eigenvalue weighted by Gasteiger charge is 2.67. The Kier molecular flexibility index (Phi) is 34.0. The number of allylic oxidation sites excluding steroid dienone is 8. The van der Waals surface area contributed by atoms with Gasteiger partial charge >= 0.3 is 0 Å². The van der Waals surface area contributed by atoms with Crippen molar-refractivity contribution in [2.45, 2.75) is 426 Å². The van der Waals surface area contributed by atoms with Crippen molar-refractivity contribution in [2.24, 2.45) is 182 Å².